The van der Waals surface area contributed by atoms with Crippen molar-refractivity contribution in [1.29, 1.82) is 0 Å². The van der Waals surface area contributed by atoms with Gasteiger partial charge in [0.05, 0.1) is 0 Å². The van der Waals surface area contributed by atoms with Crippen molar-refractivity contribution in [2.24, 2.45) is 34.4 Å². The van der Waals surface area contributed by atoms with E-state index in [0.29, 0.717) is 30.8 Å². The number of aliphatic imine (C=N–C) groups is 1. The Balaban J connectivity index is 1.27. The largest absolute Gasteiger partial charge is 0.369 e. The molecule has 6 nitrogen and oxygen atoms in total. The Hall–Kier alpha value is -1.59. The van der Waals surface area contributed by atoms with Crippen molar-refractivity contribution >= 4 is 17.8 Å². The van der Waals surface area contributed by atoms with Gasteiger partial charge in [0.2, 0.25) is 11.8 Å². The molecule has 4 aliphatic rings. The molecule has 2 amide bonds. The van der Waals surface area contributed by atoms with Crippen molar-refractivity contribution in [1.82, 2.24) is 9.80 Å². The van der Waals surface area contributed by atoms with Gasteiger partial charge in [-0.05, 0) is 62.7 Å². The molecule has 6 heteroatoms. The van der Waals surface area contributed by atoms with Crippen molar-refractivity contribution in [3.05, 3.63) is 0 Å². The molecule has 0 aromatic heterocycles. The number of hydrogen-bond acceptors (Lipinski definition) is 3. The third kappa shape index (κ3) is 10.1. The highest BCUT2D eigenvalue weighted by Crippen LogP contribution is 2.30. The summed E-state index contributed by atoms with van der Waals surface area (Å²) in [6, 6.07) is 0. The lowest BCUT2D eigenvalue weighted by Crippen LogP contribution is -2.43. The summed E-state index contributed by atoms with van der Waals surface area (Å²) >= 11 is 0. The Morgan fingerprint density at radius 3 is 1.97 bits per heavy atom. The molecule has 0 radical (unpaired) electrons. The fourth-order valence-electron chi connectivity index (χ4n) is 7.81. The zero-order chi connectivity index (χ0) is 27.3. The molecule has 4 rings (SSSR count). The lowest BCUT2D eigenvalue weighted by molar-refractivity contribution is -0.135. The number of carbonyl (C=O) groups excluding carboxylic acids is 2. The van der Waals surface area contributed by atoms with E-state index in [9.17, 15) is 9.59 Å². The first-order valence-electron chi connectivity index (χ1n) is 17.0. The molecule has 1 saturated heterocycles. The molecule has 3 aliphatic carbocycles. The SMILES string of the molecule is NC(=NCCC1CCCCC1)N(CCC1CCN(C(=O)C2CCCCCC2)C1)C(=O)CCCC1CCCCC1. The van der Waals surface area contributed by atoms with Crippen LogP contribution < -0.4 is 5.73 Å². The lowest BCUT2D eigenvalue weighted by atomic mass is 9.86. The number of guanidine groups is 1. The van der Waals surface area contributed by atoms with E-state index in [1.165, 1.54) is 96.3 Å². The second-order valence-corrected chi connectivity index (χ2v) is 13.4. The van der Waals surface area contributed by atoms with Crippen LogP contribution in [0.5, 0.6) is 0 Å². The minimum atomic E-state index is 0.147. The Kier molecular flexibility index (Phi) is 12.9. The fourth-order valence-corrected chi connectivity index (χ4v) is 7.81. The molecule has 0 bridgehead atoms. The highest BCUT2D eigenvalue weighted by Gasteiger charge is 2.31. The Labute approximate surface area is 238 Å². The molecule has 39 heavy (non-hydrogen) atoms. The summed E-state index contributed by atoms with van der Waals surface area (Å²) < 4.78 is 0. The van der Waals surface area contributed by atoms with Crippen LogP contribution in [0.25, 0.3) is 0 Å². The fraction of sp³-hybridized carbons (Fsp3) is 0.909. The van der Waals surface area contributed by atoms with Gasteiger partial charge in [-0.1, -0.05) is 89.9 Å². The van der Waals surface area contributed by atoms with Gasteiger partial charge in [-0.25, -0.2) is 0 Å². The molecular formula is C33H58N4O2. The van der Waals surface area contributed by atoms with Crippen LogP contribution in [-0.2, 0) is 9.59 Å². The van der Waals surface area contributed by atoms with Crippen LogP contribution in [0.15, 0.2) is 4.99 Å². The molecule has 2 N–H and O–H groups in total. The second-order valence-electron chi connectivity index (χ2n) is 13.4. The van der Waals surface area contributed by atoms with Gasteiger partial charge in [-0.3, -0.25) is 19.5 Å². The molecule has 3 saturated carbocycles. The summed E-state index contributed by atoms with van der Waals surface area (Å²) in [6.07, 6.45) is 26.3. The summed E-state index contributed by atoms with van der Waals surface area (Å²) in [6.45, 7) is 3.09. The highest BCUT2D eigenvalue weighted by molar-refractivity contribution is 5.96. The van der Waals surface area contributed by atoms with E-state index in [-0.39, 0.29) is 11.8 Å². The van der Waals surface area contributed by atoms with Crippen LogP contribution >= 0.6 is 0 Å². The monoisotopic (exact) mass is 542 g/mol. The topological polar surface area (TPSA) is 79.0 Å². The highest BCUT2D eigenvalue weighted by atomic mass is 16.2. The van der Waals surface area contributed by atoms with E-state index >= 15 is 0 Å². The third-order valence-electron chi connectivity index (χ3n) is 10.4. The average molecular weight is 543 g/mol. The maximum absolute atomic E-state index is 13.4. The van der Waals surface area contributed by atoms with Crippen molar-refractivity contribution < 1.29 is 9.59 Å². The average Bonchev–Trinajstić information content (AvgIpc) is 3.26. The third-order valence-corrected chi connectivity index (χ3v) is 10.4. The molecule has 1 atom stereocenters. The van der Waals surface area contributed by atoms with Crippen LogP contribution in [0.1, 0.15) is 141 Å². The van der Waals surface area contributed by atoms with Gasteiger partial charge in [-0.15, -0.1) is 0 Å². The molecule has 0 aromatic rings. The smallest absolute Gasteiger partial charge is 0.229 e. The Bertz CT molecular complexity index is 764. The number of likely N-dealkylation sites (tertiary alicyclic amines) is 1. The summed E-state index contributed by atoms with van der Waals surface area (Å²) in [5.74, 6) is 3.22. The number of rotatable bonds is 11. The van der Waals surface area contributed by atoms with Crippen molar-refractivity contribution in [3.8, 4) is 0 Å². The zero-order valence-electron chi connectivity index (χ0n) is 24.9. The Morgan fingerprint density at radius 1 is 0.718 bits per heavy atom. The van der Waals surface area contributed by atoms with E-state index < -0.39 is 0 Å². The molecule has 1 aliphatic heterocycles. The van der Waals surface area contributed by atoms with Crippen LogP contribution in [-0.4, -0.2) is 53.8 Å². The standard InChI is InChI=1S/C33H58N4O2/c34-33(35-23-20-28-14-7-4-8-15-28)37(31(38)19-11-16-27-12-5-3-6-13-27)25-22-29-21-24-36(26-29)32(39)30-17-9-1-2-10-18-30/h27-30H,1-26H2,(H2,34,35). The minimum Gasteiger partial charge on any atom is -0.369 e. The van der Waals surface area contributed by atoms with Crippen LogP contribution in [0.4, 0.5) is 0 Å². The quantitative estimate of drug-likeness (QED) is 0.172. The predicted molar refractivity (Wildman–Crippen MR) is 160 cm³/mol. The number of carbonyl (C=O) groups is 2. The van der Waals surface area contributed by atoms with Gasteiger partial charge in [0.25, 0.3) is 0 Å². The van der Waals surface area contributed by atoms with E-state index in [2.05, 4.69) is 4.90 Å². The molecule has 1 heterocycles. The van der Waals surface area contributed by atoms with Crippen LogP contribution in [0, 0.1) is 23.7 Å². The van der Waals surface area contributed by atoms with Gasteiger partial charge >= 0.3 is 0 Å². The van der Waals surface area contributed by atoms with E-state index in [0.717, 1.165) is 70.0 Å². The van der Waals surface area contributed by atoms with Gasteiger partial charge in [0, 0.05) is 38.5 Å². The zero-order valence-corrected chi connectivity index (χ0v) is 24.9. The van der Waals surface area contributed by atoms with E-state index in [1.807, 2.05) is 0 Å². The van der Waals surface area contributed by atoms with Gasteiger partial charge in [-0.2, -0.15) is 0 Å². The lowest BCUT2D eigenvalue weighted by Gasteiger charge is -2.26. The van der Waals surface area contributed by atoms with Crippen LogP contribution in [0.2, 0.25) is 0 Å². The van der Waals surface area contributed by atoms with Gasteiger partial charge < -0.3 is 10.6 Å². The number of hydrogen-bond donors (Lipinski definition) is 1. The summed E-state index contributed by atoms with van der Waals surface area (Å²) in [7, 11) is 0. The normalized spacial score (nSPS) is 24.6. The van der Waals surface area contributed by atoms with Gasteiger partial charge in [0.1, 0.15) is 0 Å². The first-order chi connectivity index (χ1) is 19.1. The molecule has 4 fully saturated rings. The molecule has 0 aromatic carbocycles. The maximum atomic E-state index is 13.4. The molecule has 1 unspecified atom stereocenters. The summed E-state index contributed by atoms with van der Waals surface area (Å²) in [5, 5.41) is 0. The predicted octanol–water partition coefficient (Wildman–Crippen LogP) is 7.06. The summed E-state index contributed by atoms with van der Waals surface area (Å²) in [5.41, 5.74) is 6.51. The van der Waals surface area contributed by atoms with E-state index in [4.69, 9.17) is 10.7 Å². The summed E-state index contributed by atoms with van der Waals surface area (Å²) in [4.78, 5) is 35.2. The van der Waals surface area contributed by atoms with Crippen molar-refractivity contribution in [2.45, 2.75) is 141 Å². The molecule has 222 valence electrons. The second kappa shape index (κ2) is 16.6. The first kappa shape index (κ1) is 30.4. The first-order valence-corrected chi connectivity index (χ1v) is 17.0. The molecule has 0 spiro atoms. The maximum Gasteiger partial charge on any atom is 0.229 e. The Morgan fingerprint density at radius 2 is 1.31 bits per heavy atom. The van der Waals surface area contributed by atoms with Crippen molar-refractivity contribution in [3.63, 3.8) is 0 Å². The van der Waals surface area contributed by atoms with Gasteiger partial charge in [0.15, 0.2) is 5.96 Å². The number of nitrogens with zero attached hydrogens (tertiary/aromatic N) is 3. The molecular weight excluding hydrogens is 484 g/mol. The number of nitrogens with two attached hydrogens (primary N) is 1. The van der Waals surface area contributed by atoms with Crippen LogP contribution in [0.3, 0.4) is 0 Å². The minimum absolute atomic E-state index is 0.147. The van der Waals surface area contributed by atoms with Crippen molar-refractivity contribution in [2.75, 3.05) is 26.2 Å². The van der Waals surface area contributed by atoms with E-state index in [1.54, 1.807) is 4.90 Å². The number of amides is 2.